The molecule has 120 valence electrons. The van der Waals surface area contributed by atoms with Crippen LogP contribution in [0.5, 0.6) is 0 Å². The van der Waals surface area contributed by atoms with E-state index in [4.69, 9.17) is 13.9 Å². The molecule has 0 aliphatic carbocycles. The highest BCUT2D eigenvalue weighted by Gasteiger charge is 2.19. The van der Waals surface area contributed by atoms with Gasteiger partial charge >= 0.3 is 11.6 Å². The summed E-state index contributed by atoms with van der Waals surface area (Å²) in [5.74, 6) is -0.905. The molecule has 1 aliphatic heterocycles. The van der Waals surface area contributed by atoms with Gasteiger partial charge in [-0.25, -0.2) is 9.59 Å². The summed E-state index contributed by atoms with van der Waals surface area (Å²) in [6.07, 6.45) is 1.95. The van der Waals surface area contributed by atoms with Gasteiger partial charge in [-0.2, -0.15) is 0 Å². The number of carbonyl (C=O) groups is 2. The molecule has 0 bridgehead atoms. The van der Waals surface area contributed by atoms with Gasteiger partial charge in [-0.05, 0) is 32.3 Å². The van der Waals surface area contributed by atoms with Crippen LogP contribution in [0.2, 0.25) is 0 Å². The Balaban J connectivity index is 1.84. The van der Waals surface area contributed by atoms with Crippen molar-refractivity contribution in [3.63, 3.8) is 0 Å². The van der Waals surface area contributed by atoms with Gasteiger partial charge < -0.3 is 19.2 Å². The maximum atomic E-state index is 12.0. The Morgan fingerprint density at radius 3 is 2.82 bits per heavy atom. The van der Waals surface area contributed by atoms with E-state index in [1.54, 1.807) is 6.92 Å². The molecular weight excluding hydrogens is 290 g/mol. The Bertz CT molecular complexity index is 589. The summed E-state index contributed by atoms with van der Waals surface area (Å²) in [7, 11) is 0. The Morgan fingerprint density at radius 2 is 2.18 bits per heavy atom. The number of carbonyl (C=O) groups excluding carboxylic acids is 2. The molecule has 1 saturated heterocycles. The first-order chi connectivity index (χ1) is 10.5. The maximum Gasteiger partial charge on any atom is 0.342 e. The summed E-state index contributed by atoms with van der Waals surface area (Å²) in [6, 6.07) is 1.21. The molecule has 1 atom stereocenters. The van der Waals surface area contributed by atoms with Crippen LogP contribution in [0.15, 0.2) is 15.3 Å². The van der Waals surface area contributed by atoms with E-state index in [-0.39, 0.29) is 24.0 Å². The standard InChI is InChI=1S/C15H19NO6/c1-9-6-13(18)22-10(2)14(9)15(19)21-8-12(17)16-7-11-4-3-5-20-11/h6,11H,3-5,7-8H2,1-2H3,(H,16,17). The molecule has 7 heteroatoms. The van der Waals surface area contributed by atoms with E-state index >= 15 is 0 Å². The van der Waals surface area contributed by atoms with Gasteiger partial charge in [-0.3, -0.25) is 4.79 Å². The van der Waals surface area contributed by atoms with E-state index in [0.717, 1.165) is 12.8 Å². The largest absolute Gasteiger partial charge is 0.452 e. The molecule has 1 N–H and O–H groups in total. The van der Waals surface area contributed by atoms with Crippen LogP contribution in [0.3, 0.4) is 0 Å². The number of ether oxygens (including phenoxy) is 2. The van der Waals surface area contributed by atoms with Crippen molar-refractivity contribution in [2.24, 2.45) is 0 Å². The maximum absolute atomic E-state index is 12.0. The summed E-state index contributed by atoms with van der Waals surface area (Å²) in [6.45, 7) is 3.85. The van der Waals surface area contributed by atoms with Gasteiger partial charge in [0.05, 0.1) is 6.10 Å². The molecule has 1 fully saturated rings. The lowest BCUT2D eigenvalue weighted by Gasteiger charge is -2.11. The van der Waals surface area contributed by atoms with Crippen molar-refractivity contribution < 1.29 is 23.5 Å². The van der Waals surface area contributed by atoms with E-state index in [2.05, 4.69) is 5.32 Å². The highest BCUT2D eigenvalue weighted by Crippen LogP contribution is 2.12. The molecule has 2 heterocycles. The molecule has 0 radical (unpaired) electrons. The predicted molar refractivity (Wildman–Crippen MR) is 76.7 cm³/mol. The second kappa shape index (κ2) is 7.22. The number of hydrogen-bond acceptors (Lipinski definition) is 6. The molecule has 1 aromatic rings. The number of nitrogens with one attached hydrogen (secondary N) is 1. The molecular formula is C15H19NO6. The summed E-state index contributed by atoms with van der Waals surface area (Å²) >= 11 is 0. The van der Waals surface area contributed by atoms with Crippen LogP contribution in [0.4, 0.5) is 0 Å². The SMILES string of the molecule is Cc1cc(=O)oc(C)c1C(=O)OCC(=O)NCC1CCCO1. The van der Waals surface area contributed by atoms with Crippen molar-refractivity contribution in [3.05, 3.63) is 33.4 Å². The predicted octanol–water partition coefficient (Wildman–Crippen LogP) is 0.709. The fourth-order valence-corrected chi connectivity index (χ4v) is 2.35. The van der Waals surface area contributed by atoms with Gasteiger partial charge in [-0.1, -0.05) is 0 Å². The first-order valence-corrected chi connectivity index (χ1v) is 7.14. The van der Waals surface area contributed by atoms with Crippen LogP contribution >= 0.6 is 0 Å². The van der Waals surface area contributed by atoms with E-state index in [9.17, 15) is 14.4 Å². The number of hydrogen-bond donors (Lipinski definition) is 1. The average Bonchev–Trinajstić information content (AvgIpc) is 2.95. The summed E-state index contributed by atoms with van der Waals surface area (Å²) in [5, 5.41) is 2.66. The second-order valence-electron chi connectivity index (χ2n) is 5.19. The molecule has 1 aliphatic rings. The molecule has 0 saturated carbocycles. The minimum Gasteiger partial charge on any atom is -0.452 e. The van der Waals surface area contributed by atoms with Crippen LogP contribution in [0, 0.1) is 13.8 Å². The normalized spacial score (nSPS) is 17.3. The van der Waals surface area contributed by atoms with Gasteiger partial charge in [-0.15, -0.1) is 0 Å². The molecule has 1 amide bonds. The third-order valence-electron chi connectivity index (χ3n) is 3.42. The first kappa shape index (κ1) is 16.2. The lowest BCUT2D eigenvalue weighted by molar-refractivity contribution is -0.124. The van der Waals surface area contributed by atoms with Crippen molar-refractivity contribution in [2.45, 2.75) is 32.8 Å². The van der Waals surface area contributed by atoms with Crippen LogP contribution in [-0.4, -0.2) is 37.7 Å². The summed E-state index contributed by atoms with van der Waals surface area (Å²) in [5.41, 5.74) is 0.103. The fraction of sp³-hybridized carbons (Fsp3) is 0.533. The Hall–Kier alpha value is -2.15. The monoisotopic (exact) mass is 309 g/mol. The number of rotatable bonds is 5. The third-order valence-corrected chi connectivity index (χ3v) is 3.42. The van der Waals surface area contributed by atoms with Crippen LogP contribution in [0.1, 0.15) is 34.5 Å². The van der Waals surface area contributed by atoms with Gasteiger partial charge in [0.1, 0.15) is 11.3 Å². The molecule has 7 nitrogen and oxygen atoms in total. The Morgan fingerprint density at radius 1 is 1.41 bits per heavy atom. The Labute approximate surface area is 127 Å². The molecule has 0 spiro atoms. The molecule has 1 unspecified atom stereocenters. The van der Waals surface area contributed by atoms with Gasteiger partial charge in [0.2, 0.25) is 0 Å². The molecule has 22 heavy (non-hydrogen) atoms. The van der Waals surface area contributed by atoms with Gasteiger partial charge in [0, 0.05) is 19.2 Å². The van der Waals surface area contributed by atoms with Crippen molar-refractivity contribution in [1.29, 1.82) is 0 Å². The van der Waals surface area contributed by atoms with Crippen molar-refractivity contribution >= 4 is 11.9 Å². The average molecular weight is 309 g/mol. The number of aryl methyl sites for hydroxylation is 2. The zero-order valence-electron chi connectivity index (χ0n) is 12.6. The molecule has 2 rings (SSSR count). The van der Waals surface area contributed by atoms with Crippen LogP contribution in [-0.2, 0) is 14.3 Å². The smallest absolute Gasteiger partial charge is 0.342 e. The number of amides is 1. The van der Waals surface area contributed by atoms with Crippen molar-refractivity contribution in [1.82, 2.24) is 5.32 Å². The van der Waals surface area contributed by atoms with E-state index in [0.29, 0.717) is 18.7 Å². The molecule has 1 aromatic heterocycles. The van der Waals surface area contributed by atoms with E-state index < -0.39 is 17.5 Å². The van der Waals surface area contributed by atoms with Gasteiger partial charge in [0.15, 0.2) is 6.61 Å². The lowest BCUT2D eigenvalue weighted by atomic mass is 10.1. The highest BCUT2D eigenvalue weighted by atomic mass is 16.5. The third kappa shape index (κ3) is 4.17. The topological polar surface area (TPSA) is 94.8 Å². The fourth-order valence-electron chi connectivity index (χ4n) is 2.35. The summed E-state index contributed by atoms with van der Waals surface area (Å²) in [4.78, 5) is 34.8. The van der Waals surface area contributed by atoms with E-state index in [1.807, 2.05) is 0 Å². The zero-order chi connectivity index (χ0) is 16.1. The zero-order valence-corrected chi connectivity index (χ0v) is 12.6. The quantitative estimate of drug-likeness (QED) is 0.805. The van der Waals surface area contributed by atoms with Crippen molar-refractivity contribution in [2.75, 3.05) is 19.8 Å². The minimum absolute atomic E-state index is 0.0348. The Kier molecular flexibility index (Phi) is 5.32. The first-order valence-electron chi connectivity index (χ1n) is 7.14. The van der Waals surface area contributed by atoms with Gasteiger partial charge in [0.25, 0.3) is 5.91 Å². The van der Waals surface area contributed by atoms with Crippen molar-refractivity contribution in [3.8, 4) is 0 Å². The molecule has 0 aromatic carbocycles. The summed E-state index contributed by atoms with van der Waals surface area (Å²) < 4.78 is 15.2. The lowest BCUT2D eigenvalue weighted by Crippen LogP contribution is -2.35. The minimum atomic E-state index is -0.689. The second-order valence-corrected chi connectivity index (χ2v) is 5.19. The van der Waals surface area contributed by atoms with Crippen LogP contribution < -0.4 is 10.9 Å². The number of esters is 1. The van der Waals surface area contributed by atoms with E-state index in [1.165, 1.54) is 13.0 Å². The highest BCUT2D eigenvalue weighted by molar-refractivity contribution is 5.93. The van der Waals surface area contributed by atoms with Crippen LogP contribution in [0.25, 0.3) is 0 Å².